The van der Waals surface area contributed by atoms with Gasteiger partial charge in [-0.05, 0) is 40.5 Å². The summed E-state index contributed by atoms with van der Waals surface area (Å²) in [6.45, 7) is 11.4. The van der Waals surface area contributed by atoms with Gasteiger partial charge in [-0.2, -0.15) is 0 Å². The van der Waals surface area contributed by atoms with Gasteiger partial charge in [0.1, 0.15) is 0 Å². The molecule has 0 aromatic rings. The van der Waals surface area contributed by atoms with Crippen LogP contribution < -0.4 is 10.6 Å². The lowest BCUT2D eigenvalue weighted by atomic mass is 9.79. The van der Waals surface area contributed by atoms with Gasteiger partial charge in [-0.15, -0.1) is 0 Å². The van der Waals surface area contributed by atoms with E-state index in [0.717, 1.165) is 19.8 Å². The van der Waals surface area contributed by atoms with Crippen molar-refractivity contribution in [2.75, 3.05) is 0 Å². The van der Waals surface area contributed by atoms with Crippen LogP contribution in [0.25, 0.3) is 0 Å². The lowest BCUT2D eigenvalue weighted by Gasteiger charge is -2.46. The normalized spacial score (nSPS) is 21.4. The second-order valence-corrected chi connectivity index (χ2v) is 6.22. The quantitative estimate of drug-likeness (QED) is 0.666. The summed E-state index contributed by atoms with van der Waals surface area (Å²) in [5, 5.41) is 14.0. The van der Waals surface area contributed by atoms with Crippen LogP contribution in [0.3, 0.4) is 0 Å². The van der Waals surface area contributed by atoms with Gasteiger partial charge in [0, 0.05) is 31.0 Å². The van der Waals surface area contributed by atoms with E-state index in [9.17, 15) is 4.79 Å². The molecule has 106 valence electrons. The monoisotopic (exact) mass is 258 g/mol. The highest BCUT2D eigenvalue weighted by Gasteiger charge is 2.37. The first kappa shape index (κ1) is 16.9. The van der Waals surface area contributed by atoms with E-state index in [2.05, 4.69) is 38.3 Å². The van der Waals surface area contributed by atoms with Crippen molar-refractivity contribution >= 4 is 11.9 Å². The summed E-state index contributed by atoms with van der Waals surface area (Å²) in [6.07, 6.45) is 1.99. The van der Waals surface area contributed by atoms with Crippen molar-refractivity contribution in [2.24, 2.45) is 0 Å². The molecular formula is C13H26N2O3. The highest BCUT2D eigenvalue weighted by Crippen LogP contribution is 2.28. The summed E-state index contributed by atoms with van der Waals surface area (Å²) in [6, 6.07) is 0.304. The molecule has 5 heteroatoms. The van der Waals surface area contributed by atoms with Gasteiger partial charge in [0.2, 0.25) is 5.91 Å². The predicted octanol–water partition coefficient (Wildman–Crippen LogP) is 1.52. The van der Waals surface area contributed by atoms with E-state index in [1.54, 1.807) is 6.92 Å². The molecule has 1 heterocycles. The van der Waals surface area contributed by atoms with E-state index in [0.29, 0.717) is 6.04 Å². The van der Waals surface area contributed by atoms with Gasteiger partial charge in [-0.25, -0.2) is 0 Å². The molecule has 1 aliphatic rings. The van der Waals surface area contributed by atoms with Crippen LogP contribution in [0, 0.1) is 0 Å². The van der Waals surface area contributed by atoms with Crippen LogP contribution in [-0.2, 0) is 9.59 Å². The number of piperidine rings is 1. The molecule has 1 saturated heterocycles. The molecule has 1 rings (SSSR count). The zero-order chi connectivity index (χ0) is 14.6. The molecule has 0 unspecified atom stereocenters. The Morgan fingerprint density at radius 1 is 1.11 bits per heavy atom. The molecule has 0 radical (unpaired) electrons. The predicted molar refractivity (Wildman–Crippen MR) is 71.4 cm³/mol. The molecule has 1 fully saturated rings. The van der Waals surface area contributed by atoms with Crippen molar-refractivity contribution in [1.82, 2.24) is 10.6 Å². The summed E-state index contributed by atoms with van der Waals surface area (Å²) in [7, 11) is 0. The molecule has 0 saturated carbocycles. The average molecular weight is 258 g/mol. The summed E-state index contributed by atoms with van der Waals surface area (Å²) in [5.74, 6) is -0.761. The number of carbonyl (C=O) groups is 2. The maximum Gasteiger partial charge on any atom is 0.300 e. The third-order valence-electron chi connectivity index (χ3n) is 2.60. The first-order valence-corrected chi connectivity index (χ1v) is 6.19. The number of nitrogens with one attached hydrogen (secondary N) is 2. The van der Waals surface area contributed by atoms with Crippen LogP contribution in [0.15, 0.2) is 0 Å². The largest absolute Gasteiger partial charge is 0.481 e. The third-order valence-corrected chi connectivity index (χ3v) is 2.60. The summed E-state index contributed by atoms with van der Waals surface area (Å²) < 4.78 is 0. The van der Waals surface area contributed by atoms with Crippen LogP contribution >= 0.6 is 0 Å². The number of carboxylic acids is 1. The van der Waals surface area contributed by atoms with Gasteiger partial charge in [0.15, 0.2) is 0 Å². The first-order valence-electron chi connectivity index (χ1n) is 6.19. The van der Waals surface area contributed by atoms with Gasteiger partial charge >= 0.3 is 0 Å². The first-order chi connectivity index (χ1) is 7.93. The fourth-order valence-electron chi connectivity index (χ4n) is 2.71. The molecule has 1 aliphatic heterocycles. The SMILES string of the molecule is CC(=O)NC1CC(C)(C)NC(C)(C)C1.CC(=O)O. The fraction of sp³-hybridized carbons (Fsp3) is 0.846. The molecule has 0 aliphatic carbocycles. The molecule has 0 bridgehead atoms. The number of aliphatic carboxylic acids is 1. The van der Waals surface area contributed by atoms with Crippen molar-refractivity contribution in [2.45, 2.75) is 71.5 Å². The maximum absolute atomic E-state index is 11.0. The van der Waals surface area contributed by atoms with E-state index in [1.165, 1.54) is 0 Å². The lowest BCUT2D eigenvalue weighted by molar-refractivity contribution is -0.134. The van der Waals surface area contributed by atoms with Crippen molar-refractivity contribution in [3.8, 4) is 0 Å². The minimum absolute atomic E-state index is 0.0727. The number of rotatable bonds is 1. The molecule has 3 N–H and O–H groups in total. The minimum Gasteiger partial charge on any atom is -0.481 e. The van der Waals surface area contributed by atoms with E-state index in [4.69, 9.17) is 9.90 Å². The molecular weight excluding hydrogens is 232 g/mol. The number of amides is 1. The van der Waals surface area contributed by atoms with Crippen LogP contribution in [0.1, 0.15) is 54.4 Å². The Labute approximate surface area is 109 Å². The minimum atomic E-state index is -0.833. The molecule has 1 amide bonds. The van der Waals surface area contributed by atoms with Gasteiger partial charge in [-0.3, -0.25) is 9.59 Å². The van der Waals surface area contributed by atoms with Gasteiger partial charge < -0.3 is 15.7 Å². The standard InChI is InChI=1S/C11H22N2O.C2H4O2/c1-8(14)12-9-6-10(2,3)13-11(4,5)7-9;1-2(3)4/h9,13H,6-7H2,1-5H3,(H,12,14);1H3,(H,3,4). The van der Waals surface area contributed by atoms with E-state index in [-0.39, 0.29) is 17.0 Å². The van der Waals surface area contributed by atoms with E-state index in [1.807, 2.05) is 0 Å². The molecule has 18 heavy (non-hydrogen) atoms. The summed E-state index contributed by atoms with van der Waals surface area (Å²) in [5.41, 5.74) is 0.212. The summed E-state index contributed by atoms with van der Waals surface area (Å²) in [4.78, 5) is 20.0. The lowest BCUT2D eigenvalue weighted by Crippen LogP contribution is -2.62. The Balaban J connectivity index is 0.000000631. The number of carboxylic acid groups (broad SMARTS) is 1. The Morgan fingerprint density at radius 2 is 1.44 bits per heavy atom. The van der Waals surface area contributed by atoms with Crippen molar-refractivity contribution < 1.29 is 14.7 Å². The Morgan fingerprint density at radius 3 is 1.72 bits per heavy atom. The fourth-order valence-corrected chi connectivity index (χ4v) is 2.71. The zero-order valence-electron chi connectivity index (χ0n) is 12.3. The third kappa shape index (κ3) is 8.06. The van der Waals surface area contributed by atoms with E-state index < -0.39 is 5.97 Å². The molecule has 0 aromatic carbocycles. The van der Waals surface area contributed by atoms with Crippen molar-refractivity contribution in [1.29, 1.82) is 0 Å². The Hall–Kier alpha value is -1.10. The van der Waals surface area contributed by atoms with Crippen LogP contribution in [0.5, 0.6) is 0 Å². The second kappa shape index (κ2) is 6.18. The van der Waals surface area contributed by atoms with Crippen molar-refractivity contribution in [3.63, 3.8) is 0 Å². The smallest absolute Gasteiger partial charge is 0.300 e. The average Bonchev–Trinajstić information content (AvgIpc) is 1.92. The number of carbonyl (C=O) groups excluding carboxylic acids is 1. The van der Waals surface area contributed by atoms with Crippen LogP contribution in [-0.4, -0.2) is 34.1 Å². The highest BCUT2D eigenvalue weighted by molar-refractivity contribution is 5.73. The molecule has 0 spiro atoms. The highest BCUT2D eigenvalue weighted by atomic mass is 16.4. The van der Waals surface area contributed by atoms with Gasteiger partial charge in [-0.1, -0.05) is 0 Å². The topological polar surface area (TPSA) is 78.4 Å². The zero-order valence-corrected chi connectivity index (χ0v) is 12.3. The summed E-state index contributed by atoms with van der Waals surface area (Å²) >= 11 is 0. The molecule has 0 atom stereocenters. The number of hydrogen-bond donors (Lipinski definition) is 3. The van der Waals surface area contributed by atoms with E-state index >= 15 is 0 Å². The Bertz CT molecular complexity index is 291. The Kier molecular flexibility index (Phi) is 5.80. The van der Waals surface area contributed by atoms with Gasteiger partial charge in [0.05, 0.1) is 0 Å². The van der Waals surface area contributed by atoms with Gasteiger partial charge in [0.25, 0.3) is 5.97 Å². The maximum atomic E-state index is 11.0. The molecule has 5 nitrogen and oxygen atoms in total. The second-order valence-electron chi connectivity index (χ2n) is 6.22. The molecule has 0 aromatic heterocycles. The van der Waals surface area contributed by atoms with Crippen LogP contribution in [0.4, 0.5) is 0 Å². The van der Waals surface area contributed by atoms with Crippen molar-refractivity contribution in [3.05, 3.63) is 0 Å². The number of hydrogen-bond acceptors (Lipinski definition) is 3. The van der Waals surface area contributed by atoms with Crippen LogP contribution in [0.2, 0.25) is 0 Å².